The van der Waals surface area contributed by atoms with Crippen LogP contribution in [0.15, 0.2) is 54.0 Å². The minimum absolute atomic E-state index is 0.1000. The highest BCUT2D eigenvalue weighted by Crippen LogP contribution is 2.37. The second-order valence-electron chi connectivity index (χ2n) is 7.86. The molecule has 0 saturated carbocycles. The van der Waals surface area contributed by atoms with Crippen LogP contribution in [-0.2, 0) is 6.18 Å². The average molecular weight is 510 g/mol. The van der Waals surface area contributed by atoms with Crippen LogP contribution in [0.3, 0.4) is 0 Å². The third-order valence-corrected chi connectivity index (χ3v) is 5.67. The van der Waals surface area contributed by atoms with E-state index < -0.39 is 23.7 Å². The molecule has 188 valence electrons. The molecule has 0 fully saturated rings. The first kappa shape index (κ1) is 25.2. The SMILES string of the molecule is CCC(c1cnn(-c2ccccc2F)c1)c1[nH]c(C(N)=NC=[NH2+])c(-c2cnc(C(F)(F)F)nc2)c1C#N. The van der Waals surface area contributed by atoms with E-state index in [1.807, 2.05) is 6.92 Å². The van der Waals surface area contributed by atoms with Gasteiger partial charge in [0.15, 0.2) is 0 Å². The minimum Gasteiger partial charge on any atom is -0.361 e. The van der Waals surface area contributed by atoms with Crippen LogP contribution in [0.1, 0.15) is 47.6 Å². The predicted molar refractivity (Wildman–Crippen MR) is 126 cm³/mol. The Labute approximate surface area is 207 Å². The van der Waals surface area contributed by atoms with Crippen molar-refractivity contribution in [3.63, 3.8) is 0 Å². The van der Waals surface area contributed by atoms with Gasteiger partial charge in [0.2, 0.25) is 5.82 Å². The van der Waals surface area contributed by atoms with Crippen molar-refractivity contribution in [2.75, 3.05) is 0 Å². The van der Waals surface area contributed by atoms with E-state index in [1.54, 1.807) is 30.6 Å². The summed E-state index contributed by atoms with van der Waals surface area (Å²) in [6.45, 7) is 1.87. The predicted octanol–water partition coefficient (Wildman–Crippen LogP) is 2.72. The zero-order valence-electron chi connectivity index (χ0n) is 19.3. The number of rotatable bonds is 7. The van der Waals surface area contributed by atoms with Gasteiger partial charge in [-0.3, -0.25) is 5.41 Å². The smallest absolute Gasteiger partial charge is 0.361 e. The van der Waals surface area contributed by atoms with Crippen LogP contribution in [0.2, 0.25) is 0 Å². The van der Waals surface area contributed by atoms with Crippen molar-refractivity contribution in [2.24, 2.45) is 10.7 Å². The van der Waals surface area contributed by atoms with Crippen LogP contribution in [0.25, 0.3) is 16.8 Å². The van der Waals surface area contributed by atoms with Crippen molar-refractivity contribution in [3.05, 3.63) is 83.2 Å². The van der Waals surface area contributed by atoms with E-state index in [9.17, 15) is 22.8 Å². The molecule has 0 aliphatic rings. The van der Waals surface area contributed by atoms with E-state index >= 15 is 0 Å². The highest BCUT2D eigenvalue weighted by Gasteiger charge is 2.35. The molecule has 0 radical (unpaired) electrons. The maximum Gasteiger partial charge on any atom is 0.451 e. The highest BCUT2D eigenvalue weighted by molar-refractivity contribution is 6.06. The zero-order chi connectivity index (χ0) is 26.7. The van der Waals surface area contributed by atoms with Gasteiger partial charge >= 0.3 is 6.18 Å². The van der Waals surface area contributed by atoms with Gasteiger partial charge in [0.25, 0.3) is 12.2 Å². The molecular formula is C24H20F4N9+. The van der Waals surface area contributed by atoms with Gasteiger partial charge in [0, 0.05) is 41.3 Å². The second kappa shape index (κ2) is 10.0. The molecule has 5 N–H and O–H groups in total. The van der Waals surface area contributed by atoms with E-state index in [0.717, 1.165) is 18.7 Å². The number of aliphatic imine (C=N–C) groups is 1. The summed E-state index contributed by atoms with van der Waals surface area (Å²) in [6.07, 6.45) is 1.82. The quantitative estimate of drug-likeness (QED) is 0.199. The van der Waals surface area contributed by atoms with Gasteiger partial charge in [-0.1, -0.05) is 19.1 Å². The number of aromatic nitrogens is 5. The number of nitriles is 1. The molecule has 3 heterocycles. The highest BCUT2D eigenvalue weighted by atomic mass is 19.4. The fourth-order valence-corrected chi connectivity index (χ4v) is 4.02. The van der Waals surface area contributed by atoms with Crippen molar-refractivity contribution >= 4 is 12.2 Å². The number of nitrogens with zero attached hydrogens (tertiary/aromatic N) is 6. The molecule has 1 atom stereocenters. The normalized spacial score (nSPS) is 12.8. The van der Waals surface area contributed by atoms with E-state index in [0.29, 0.717) is 17.7 Å². The number of nitrogens with two attached hydrogens (primary N) is 2. The van der Waals surface area contributed by atoms with Crippen LogP contribution in [0.4, 0.5) is 17.6 Å². The Morgan fingerprint density at radius 1 is 1.27 bits per heavy atom. The number of alkyl halides is 3. The third-order valence-electron chi connectivity index (χ3n) is 5.67. The fraction of sp³-hybridized carbons (Fsp3) is 0.167. The lowest BCUT2D eigenvalue weighted by Crippen LogP contribution is -2.30. The monoisotopic (exact) mass is 510 g/mol. The topological polar surface area (TPSA) is 147 Å². The lowest BCUT2D eigenvalue weighted by atomic mass is 9.91. The number of amidine groups is 1. The Morgan fingerprint density at radius 2 is 1.97 bits per heavy atom. The summed E-state index contributed by atoms with van der Waals surface area (Å²) < 4.78 is 54.7. The standard InChI is InChI=1S/C24H19F4N9/c1-2-15(14-10-35-37(11-14)18-6-4-3-5-17(18)25)20-16(7-29)19(21(36-20)22(31)34-12-30)13-8-32-23(33-9-13)24(26,27)28/h3-6,8-12,15,36H,2H2,1H3,(H3,30,31,34)/p+1. The largest absolute Gasteiger partial charge is 0.451 e. The van der Waals surface area contributed by atoms with E-state index in [1.165, 1.54) is 10.7 Å². The van der Waals surface area contributed by atoms with Gasteiger partial charge in [-0.25, -0.2) is 19.0 Å². The maximum atomic E-state index is 14.3. The summed E-state index contributed by atoms with van der Waals surface area (Å²) in [4.78, 5) is 13.8. The van der Waals surface area contributed by atoms with E-state index in [2.05, 4.69) is 31.1 Å². The lowest BCUT2D eigenvalue weighted by Gasteiger charge is -2.12. The van der Waals surface area contributed by atoms with Crippen LogP contribution in [-0.4, -0.2) is 36.9 Å². The number of H-pyrrole nitrogens is 1. The first-order chi connectivity index (χ1) is 17.7. The van der Waals surface area contributed by atoms with Gasteiger partial charge in [-0.05, 0) is 29.1 Å². The van der Waals surface area contributed by atoms with Crippen LogP contribution < -0.4 is 11.1 Å². The molecule has 0 aliphatic carbocycles. The third kappa shape index (κ3) is 4.81. The molecule has 0 spiro atoms. The van der Waals surface area contributed by atoms with Gasteiger partial charge in [-0.2, -0.15) is 23.5 Å². The van der Waals surface area contributed by atoms with E-state index in [4.69, 9.17) is 11.1 Å². The number of hydrogen-bond acceptors (Lipinski definition) is 4. The molecular weight excluding hydrogens is 490 g/mol. The molecule has 0 amide bonds. The zero-order valence-corrected chi connectivity index (χ0v) is 19.3. The van der Waals surface area contributed by atoms with Crippen molar-refractivity contribution in [1.29, 1.82) is 5.26 Å². The van der Waals surface area contributed by atoms with Crippen molar-refractivity contribution in [3.8, 4) is 22.9 Å². The Kier molecular flexibility index (Phi) is 6.83. The lowest BCUT2D eigenvalue weighted by molar-refractivity contribution is -0.145. The van der Waals surface area contributed by atoms with Gasteiger partial charge < -0.3 is 10.7 Å². The number of halogens is 4. The van der Waals surface area contributed by atoms with Crippen LogP contribution >= 0.6 is 0 Å². The van der Waals surface area contributed by atoms with Crippen LogP contribution in [0.5, 0.6) is 0 Å². The summed E-state index contributed by atoms with van der Waals surface area (Å²) in [5.41, 5.74) is 7.96. The second-order valence-corrected chi connectivity index (χ2v) is 7.86. The number of hydrogen-bond donors (Lipinski definition) is 3. The Balaban J connectivity index is 1.87. The number of benzene rings is 1. The summed E-state index contributed by atoms with van der Waals surface area (Å²) in [5.74, 6) is -2.32. The van der Waals surface area contributed by atoms with Crippen molar-refractivity contribution in [2.45, 2.75) is 25.4 Å². The molecule has 13 heteroatoms. The molecule has 4 rings (SSSR count). The number of aromatic amines is 1. The average Bonchev–Trinajstić information content (AvgIpc) is 3.50. The maximum absolute atomic E-state index is 14.3. The summed E-state index contributed by atoms with van der Waals surface area (Å²) in [6, 6.07) is 8.24. The Morgan fingerprint density at radius 3 is 2.57 bits per heavy atom. The molecule has 37 heavy (non-hydrogen) atoms. The molecule has 0 saturated heterocycles. The number of para-hydroxylation sites is 1. The summed E-state index contributed by atoms with van der Waals surface area (Å²) in [7, 11) is 0. The van der Waals surface area contributed by atoms with Gasteiger partial charge in [-0.15, -0.1) is 0 Å². The first-order valence-electron chi connectivity index (χ1n) is 10.9. The molecule has 4 aromatic rings. The van der Waals surface area contributed by atoms with Crippen LogP contribution in [0, 0.1) is 17.1 Å². The Hall–Kier alpha value is -4.86. The number of nitrogens with one attached hydrogen (secondary N) is 1. The summed E-state index contributed by atoms with van der Waals surface area (Å²) in [5, 5.41) is 19.8. The summed E-state index contributed by atoms with van der Waals surface area (Å²) >= 11 is 0. The minimum atomic E-state index is -4.73. The molecule has 0 bridgehead atoms. The first-order valence-corrected chi connectivity index (χ1v) is 10.9. The van der Waals surface area contributed by atoms with Crippen molar-refractivity contribution < 1.29 is 23.0 Å². The van der Waals surface area contributed by atoms with Gasteiger partial charge in [0.05, 0.1) is 11.8 Å². The fourth-order valence-electron chi connectivity index (χ4n) is 4.02. The molecule has 1 aromatic carbocycles. The molecule has 3 aromatic heterocycles. The molecule has 0 aliphatic heterocycles. The van der Waals surface area contributed by atoms with Crippen molar-refractivity contribution in [1.82, 2.24) is 24.7 Å². The molecule has 1 unspecified atom stereocenters. The van der Waals surface area contributed by atoms with Gasteiger partial charge in [0.1, 0.15) is 23.3 Å². The Bertz CT molecular complexity index is 1510. The van der Waals surface area contributed by atoms with E-state index in [-0.39, 0.29) is 33.9 Å². The molecule has 9 nitrogen and oxygen atoms in total.